The van der Waals surface area contributed by atoms with Crippen LogP contribution in [0.3, 0.4) is 0 Å². The van der Waals surface area contributed by atoms with Crippen molar-refractivity contribution in [3.05, 3.63) is 65.2 Å². The standard InChI is InChI=1S/C22H26N2O3/c1-24(20-5-3-2-4-6-20)21(25)17-11-13-19(14-12-17)23-15-16-7-9-18(10-8-16)22(26)27/h7-14,20,23H,2-6,15H2,1H3,(H,26,27). The van der Waals surface area contributed by atoms with Gasteiger partial charge in [0, 0.05) is 30.9 Å². The van der Waals surface area contributed by atoms with Gasteiger partial charge in [-0.3, -0.25) is 4.79 Å². The molecule has 3 rings (SSSR count). The minimum Gasteiger partial charge on any atom is -0.478 e. The van der Waals surface area contributed by atoms with E-state index in [1.165, 1.54) is 19.3 Å². The van der Waals surface area contributed by atoms with Crippen molar-refractivity contribution in [2.45, 2.75) is 44.7 Å². The van der Waals surface area contributed by atoms with Gasteiger partial charge in [-0.25, -0.2) is 4.79 Å². The highest BCUT2D eigenvalue weighted by atomic mass is 16.4. The SMILES string of the molecule is CN(C(=O)c1ccc(NCc2ccc(C(=O)O)cc2)cc1)C1CCCCC1. The summed E-state index contributed by atoms with van der Waals surface area (Å²) < 4.78 is 0. The van der Waals surface area contributed by atoms with Gasteiger partial charge in [-0.2, -0.15) is 0 Å². The number of carboxylic acids is 1. The van der Waals surface area contributed by atoms with Crippen LogP contribution in [0, 0.1) is 0 Å². The first kappa shape index (κ1) is 19.0. The second-order valence-electron chi connectivity index (χ2n) is 7.14. The lowest BCUT2D eigenvalue weighted by Gasteiger charge is -2.31. The summed E-state index contributed by atoms with van der Waals surface area (Å²) >= 11 is 0. The lowest BCUT2D eigenvalue weighted by atomic mass is 9.94. The van der Waals surface area contributed by atoms with Gasteiger partial charge in [0.05, 0.1) is 5.56 Å². The van der Waals surface area contributed by atoms with Crippen LogP contribution in [0.25, 0.3) is 0 Å². The Morgan fingerprint density at radius 2 is 1.56 bits per heavy atom. The van der Waals surface area contributed by atoms with Crippen molar-refractivity contribution >= 4 is 17.6 Å². The molecule has 1 aliphatic rings. The van der Waals surface area contributed by atoms with Crippen molar-refractivity contribution in [3.63, 3.8) is 0 Å². The Morgan fingerprint density at radius 3 is 2.15 bits per heavy atom. The summed E-state index contributed by atoms with van der Waals surface area (Å²) in [4.78, 5) is 25.5. The number of hydrogen-bond donors (Lipinski definition) is 2. The Morgan fingerprint density at radius 1 is 0.963 bits per heavy atom. The molecule has 0 aromatic heterocycles. The van der Waals surface area contributed by atoms with E-state index < -0.39 is 5.97 Å². The molecule has 2 aromatic carbocycles. The van der Waals surface area contributed by atoms with E-state index in [0.717, 1.165) is 24.1 Å². The summed E-state index contributed by atoms with van der Waals surface area (Å²) in [5.74, 6) is -0.842. The van der Waals surface area contributed by atoms with Crippen molar-refractivity contribution in [1.29, 1.82) is 0 Å². The van der Waals surface area contributed by atoms with E-state index in [0.29, 0.717) is 18.2 Å². The van der Waals surface area contributed by atoms with Crippen molar-refractivity contribution in [3.8, 4) is 0 Å². The number of carbonyl (C=O) groups excluding carboxylic acids is 1. The van der Waals surface area contributed by atoms with Crippen LogP contribution in [0.1, 0.15) is 58.4 Å². The molecular weight excluding hydrogens is 340 g/mol. The van der Waals surface area contributed by atoms with Gasteiger partial charge in [0.1, 0.15) is 0 Å². The van der Waals surface area contributed by atoms with Crippen molar-refractivity contribution in [1.82, 2.24) is 4.90 Å². The zero-order valence-electron chi connectivity index (χ0n) is 15.6. The van der Waals surface area contributed by atoms with Crippen LogP contribution in [0.5, 0.6) is 0 Å². The first-order valence-electron chi connectivity index (χ1n) is 9.48. The molecule has 142 valence electrons. The maximum absolute atomic E-state index is 12.7. The maximum Gasteiger partial charge on any atom is 0.335 e. The maximum atomic E-state index is 12.7. The number of rotatable bonds is 6. The van der Waals surface area contributed by atoms with E-state index in [4.69, 9.17) is 5.11 Å². The molecule has 0 radical (unpaired) electrons. The molecule has 0 spiro atoms. The van der Waals surface area contributed by atoms with Gasteiger partial charge < -0.3 is 15.3 Å². The minimum atomic E-state index is -0.923. The van der Waals surface area contributed by atoms with Crippen molar-refractivity contribution in [2.24, 2.45) is 0 Å². The number of carboxylic acid groups (broad SMARTS) is 1. The van der Waals surface area contributed by atoms with E-state index >= 15 is 0 Å². The molecule has 2 N–H and O–H groups in total. The number of nitrogens with one attached hydrogen (secondary N) is 1. The zero-order chi connectivity index (χ0) is 19.2. The number of amides is 1. The third-order valence-electron chi connectivity index (χ3n) is 5.27. The lowest BCUT2D eigenvalue weighted by molar-refractivity contribution is 0.0687. The van der Waals surface area contributed by atoms with Crippen molar-refractivity contribution < 1.29 is 14.7 Å². The zero-order valence-corrected chi connectivity index (χ0v) is 15.6. The fourth-order valence-corrected chi connectivity index (χ4v) is 3.54. The van der Waals surface area contributed by atoms with E-state index in [2.05, 4.69) is 5.32 Å². The molecule has 0 unspecified atom stereocenters. The van der Waals surface area contributed by atoms with Crippen LogP contribution in [-0.2, 0) is 6.54 Å². The summed E-state index contributed by atoms with van der Waals surface area (Å²) in [6.07, 6.45) is 5.89. The molecule has 1 fully saturated rings. The van der Waals surface area contributed by atoms with Crippen LogP contribution >= 0.6 is 0 Å². The average molecular weight is 366 g/mol. The van der Waals surface area contributed by atoms with Gasteiger partial charge in [0.2, 0.25) is 0 Å². The molecular formula is C22H26N2O3. The van der Waals surface area contributed by atoms with Crippen LogP contribution in [0.4, 0.5) is 5.69 Å². The molecule has 0 saturated heterocycles. The van der Waals surface area contributed by atoms with Gasteiger partial charge >= 0.3 is 5.97 Å². The first-order valence-corrected chi connectivity index (χ1v) is 9.48. The first-order chi connectivity index (χ1) is 13.0. The molecule has 0 aliphatic heterocycles. The van der Waals surface area contributed by atoms with Gasteiger partial charge in [-0.05, 0) is 54.8 Å². The molecule has 1 aliphatic carbocycles. The molecule has 0 atom stereocenters. The number of nitrogens with zero attached hydrogens (tertiary/aromatic N) is 1. The summed E-state index contributed by atoms with van der Waals surface area (Å²) in [6.45, 7) is 0.592. The predicted octanol–water partition coefficient (Wildman–Crippen LogP) is 4.40. The Hall–Kier alpha value is -2.82. The van der Waals surface area contributed by atoms with E-state index in [-0.39, 0.29) is 11.5 Å². The highest BCUT2D eigenvalue weighted by molar-refractivity contribution is 5.94. The molecule has 0 heterocycles. The van der Waals surface area contributed by atoms with Gasteiger partial charge in [-0.15, -0.1) is 0 Å². The number of hydrogen-bond acceptors (Lipinski definition) is 3. The molecule has 0 bridgehead atoms. The fourth-order valence-electron chi connectivity index (χ4n) is 3.54. The van der Waals surface area contributed by atoms with E-state index in [1.54, 1.807) is 24.3 Å². The molecule has 1 amide bonds. The lowest BCUT2D eigenvalue weighted by Crippen LogP contribution is -2.38. The Bertz CT molecular complexity index is 778. The van der Waals surface area contributed by atoms with Crippen LogP contribution in [0.15, 0.2) is 48.5 Å². The van der Waals surface area contributed by atoms with Gasteiger partial charge in [-0.1, -0.05) is 31.4 Å². The smallest absolute Gasteiger partial charge is 0.335 e. The summed E-state index contributed by atoms with van der Waals surface area (Å²) in [7, 11) is 1.91. The van der Waals surface area contributed by atoms with Crippen LogP contribution in [0.2, 0.25) is 0 Å². The topological polar surface area (TPSA) is 69.6 Å². The van der Waals surface area contributed by atoms with E-state index in [1.807, 2.05) is 36.2 Å². The normalized spacial score (nSPS) is 14.6. The number of carbonyl (C=O) groups is 2. The third kappa shape index (κ3) is 4.88. The number of benzene rings is 2. The number of anilines is 1. The van der Waals surface area contributed by atoms with E-state index in [9.17, 15) is 9.59 Å². The van der Waals surface area contributed by atoms with Gasteiger partial charge in [0.25, 0.3) is 5.91 Å². The molecule has 5 nitrogen and oxygen atoms in total. The predicted molar refractivity (Wildman–Crippen MR) is 106 cm³/mol. The largest absolute Gasteiger partial charge is 0.478 e. The minimum absolute atomic E-state index is 0.0812. The second kappa shape index (κ2) is 8.71. The Labute approximate surface area is 160 Å². The monoisotopic (exact) mass is 366 g/mol. The quantitative estimate of drug-likeness (QED) is 0.795. The fraction of sp³-hybridized carbons (Fsp3) is 0.364. The van der Waals surface area contributed by atoms with Crippen LogP contribution < -0.4 is 5.32 Å². The van der Waals surface area contributed by atoms with Crippen LogP contribution in [-0.4, -0.2) is 35.0 Å². The third-order valence-corrected chi connectivity index (χ3v) is 5.27. The Balaban J connectivity index is 1.56. The van der Waals surface area contributed by atoms with Crippen molar-refractivity contribution in [2.75, 3.05) is 12.4 Å². The van der Waals surface area contributed by atoms with Gasteiger partial charge in [0.15, 0.2) is 0 Å². The summed E-state index contributed by atoms with van der Waals surface area (Å²) in [6, 6.07) is 14.7. The highest BCUT2D eigenvalue weighted by Crippen LogP contribution is 2.23. The average Bonchev–Trinajstić information content (AvgIpc) is 2.72. The molecule has 1 saturated carbocycles. The molecule has 27 heavy (non-hydrogen) atoms. The number of aromatic carboxylic acids is 1. The Kier molecular flexibility index (Phi) is 6.12. The molecule has 5 heteroatoms. The summed E-state index contributed by atoms with van der Waals surface area (Å²) in [5, 5.41) is 12.2. The molecule has 2 aromatic rings. The second-order valence-corrected chi connectivity index (χ2v) is 7.14. The summed E-state index contributed by atoms with van der Waals surface area (Å²) in [5.41, 5.74) is 2.91. The highest BCUT2D eigenvalue weighted by Gasteiger charge is 2.22.